The average molecular weight is 315 g/mol. The Hall–Kier alpha value is -1.34. The summed E-state index contributed by atoms with van der Waals surface area (Å²) in [7, 11) is -3.89. The van der Waals surface area contributed by atoms with Crippen LogP contribution < -0.4 is 5.14 Å². The Kier molecular flexibility index (Phi) is 4.73. The lowest BCUT2D eigenvalue weighted by molar-refractivity contribution is 0.0106. The maximum absolute atomic E-state index is 12.0. The van der Waals surface area contributed by atoms with Crippen LogP contribution in [-0.4, -0.2) is 20.5 Å². The molecular weight excluding hydrogens is 294 g/mol. The van der Waals surface area contributed by atoms with Crippen molar-refractivity contribution in [2.24, 2.45) is 11.1 Å². The fourth-order valence-corrected chi connectivity index (χ4v) is 3.49. The molecule has 2 rings (SSSR count). The third kappa shape index (κ3) is 3.85. The second-order valence-corrected chi connectivity index (χ2v) is 7.07. The van der Waals surface area contributed by atoms with Crippen molar-refractivity contribution < 1.29 is 22.4 Å². The predicted octanol–water partition coefficient (Wildman–Crippen LogP) is 2.36. The molecular formula is C14H21NO5S. The molecule has 6 nitrogen and oxygen atoms in total. The zero-order valence-corrected chi connectivity index (χ0v) is 13.1. The van der Waals surface area contributed by atoms with Crippen molar-refractivity contribution in [3.63, 3.8) is 0 Å². The van der Waals surface area contributed by atoms with E-state index in [9.17, 15) is 13.2 Å². The highest BCUT2D eigenvalue weighted by Gasteiger charge is 2.27. The van der Waals surface area contributed by atoms with Crippen LogP contribution in [0.15, 0.2) is 15.4 Å². The average Bonchev–Trinajstić information content (AvgIpc) is 2.81. The fraction of sp³-hybridized carbons (Fsp3) is 0.643. The van der Waals surface area contributed by atoms with E-state index in [0.29, 0.717) is 5.92 Å². The minimum atomic E-state index is -3.89. The van der Waals surface area contributed by atoms with Crippen molar-refractivity contribution in [3.05, 3.63) is 17.6 Å². The smallest absolute Gasteiger partial charge is 0.374 e. The number of nitrogens with two attached hydrogens (primary N) is 1. The molecule has 0 radical (unpaired) electrons. The number of carbonyl (C=O) groups excluding carboxylic acids is 1. The molecule has 0 spiro atoms. The van der Waals surface area contributed by atoms with E-state index >= 15 is 0 Å². The minimum Gasteiger partial charge on any atom is -0.457 e. The summed E-state index contributed by atoms with van der Waals surface area (Å²) in [6.07, 6.45) is 4.84. The van der Waals surface area contributed by atoms with Crippen LogP contribution in [0.5, 0.6) is 0 Å². The number of aryl methyl sites for hydroxylation is 1. The molecule has 2 atom stereocenters. The van der Waals surface area contributed by atoms with Crippen LogP contribution in [0.25, 0.3) is 0 Å². The zero-order valence-electron chi connectivity index (χ0n) is 12.3. The van der Waals surface area contributed by atoms with Crippen LogP contribution in [0.2, 0.25) is 0 Å². The zero-order chi connectivity index (χ0) is 15.6. The number of ether oxygens (including phenoxy) is 1. The highest BCUT2D eigenvalue weighted by molar-refractivity contribution is 7.89. The molecule has 7 heteroatoms. The summed E-state index contributed by atoms with van der Waals surface area (Å²) in [6, 6.07) is 1.13. The lowest BCUT2D eigenvalue weighted by atomic mass is 9.85. The van der Waals surface area contributed by atoms with Crippen LogP contribution in [-0.2, 0) is 14.8 Å². The molecule has 1 saturated carbocycles. The lowest BCUT2D eigenvalue weighted by Gasteiger charge is -2.27. The van der Waals surface area contributed by atoms with Crippen molar-refractivity contribution in [1.29, 1.82) is 0 Å². The van der Waals surface area contributed by atoms with Crippen molar-refractivity contribution in [2.75, 3.05) is 0 Å². The molecule has 1 aliphatic carbocycles. The van der Waals surface area contributed by atoms with Crippen LogP contribution in [0.3, 0.4) is 0 Å². The number of carbonyl (C=O) groups is 1. The topological polar surface area (TPSA) is 99.6 Å². The number of esters is 1. The molecule has 118 valence electrons. The van der Waals surface area contributed by atoms with Gasteiger partial charge in [-0.2, -0.15) is 0 Å². The van der Waals surface area contributed by atoms with E-state index in [4.69, 9.17) is 14.3 Å². The molecule has 1 aromatic heterocycles. The first kappa shape index (κ1) is 16.0. The van der Waals surface area contributed by atoms with Crippen molar-refractivity contribution in [1.82, 2.24) is 0 Å². The molecule has 2 unspecified atom stereocenters. The number of hydrogen-bond donors (Lipinski definition) is 1. The normalized spacial score (nSPS) is 23.0. The van der Waals surface area contributed by atoms with Gasteiger partial charge in [0.2, 0.25) is 15.8 Å². The van der Waals surface area contributed by atoms with E-state index in [1.54, 1.807) is 0 Å². The number of rotatable bonds is 4. The van der Waals surface area contributed by atoms with Gasteiger partial charge in [0, 0.05) is 6.07 Å². The van der Waals surface area contributed by atoms with Gasteiger partial charge in [-0.25, -0.2) is 18.4 Å². The van der Waals surface area contributed by atoms with Gasteiger partial charge in [-0.15, -0.1) is 0 Å². The highest BCUT2D eigenvalue weighted by Crippen LogP contribution is 2.29. The lowest BCUT2D eigenvalue weighted by Crippen LogP contribution is -2.25. The van der Waals surface area contributed by atoms with E-state index in [-0.39, 0.29) is 22.5 Å². The van der Waals surface area contributed by atoms with Gasteiger partial charge in [-0.1, -0.05) is 19.8 Å². The van der Waals surface area contributed by atoms with Gasteiger partial charge in [-0.3, -0.25) is 0 Å². The highest BCUT2D eigenvalue weighted by atomic mass is 32.2. The maximum atomic E-state index is 12.0. The Bertz CT molecular complexity index is 619. The van der Waals surface area contributed by atoms with Gasteiger partial charge in [0.25, 0.3) is 0 Å². The number of furan rings is 1. The van der Waals surface area contributed by atoms with E-state index < -0.39 is 16.0 Å². The van der Waals surface area contributed by atoms with Crippen molar-refractivity contribution in [2.45, 2.75) is 57.0 Å². The maximum Gasteiger partial charge on any atom is 0.374 e. The Morgan fingerprint density at radius 3 is 2.76 bits per heavy atom. The summed E-state index contributed by atoms with van der Waals surface area (Å²) in [5.74, 6) is -0.0701. The molecule has 0 amide bonds. The van der Waals surface area contributed by atoms with E-state index in [0.717, 1.165) is 31.7 Å². The summed E-state index contributed by atoms with van der Waals surface area (Å²) < 4.78 is 33.2. The first-order chi connectivity index (χ1) is 9.81. The summed E-state index contributed by atoms with van der Waals surface area (Å²) in [5, 5.41) is 5.05. The molecule has 2 N–H and O–H groups in total. The summed E-state index contributed by atoms with van der Waals surface area (Å²) in [6.45, 7) is 3.58. The van der Waals surface area contributed by atoms with Crippen LogP contribution >= 0.6 is 0 Å². The SMILES string of the molecule is CCC1CCCC(OC(=O)c2cc(S(N)(=O)=O)c(C)o2)C1. The van der Waals surface area contributed by atoms with Crippen LogP contribution in [0.1, 0.15) is 55.3 Å². The Morgan fingerprint density at radius 2 is 2.19 bits per heavy atom. The predicted molar refractivity (Wildman–Crippen MR) is 76.3 cm³/mol. The largest absolute Gasteiger partial charge is 0.457 e. The third-order valence-corrected chi connectivity index (χ3v) is 4.98. The summed E-state index contributed by atoms with van der Waals surface area (Å²) >= 11 is 0. The van der Waals surface area contributed by atoms with Gasteiger partial charge >= 0.3 is 5.97 Å². The van der Waals surface area contributed by atoms with Crippen LogP contribution in [0, 0.1) is 12.8 Å². The van der Waals surface area contributed by atoms with Gasteiger partial charge in [0.15, 0.2) is 0 Å². The second kappa shape index (κ2) is 6.19. The molecule has 21 heavy (non-hydrogen) atoms. The molecule has 1 aromatic rings. The molecule has 0 saturated heterocycles. The van der Waals surface area contributed by atoms with Gasteiger partial charge in [-0.05, 0) is 32.1 Å². The molecule has 1 fully saturated rings. The summed E-state index contributed by atoms with van der Waals surface area (Å²) in [5.41, 5.74) is 0. The Balaban J connectivity index is 2.07. The Labute approximate surface area is 124 Å². The molecule has 1 aliphatic rings. The number of hydrogen-bond acceptors (Lipinski definition) is 5. The third-order valence-electron chi connectivity index (χ3n) is 3.97. The number of primary sulfonamides is 1. The van der Waals surface area contributed by atoms with E-state index in [1.807, 2.05) is 0 Å². The van der Waals surface area contributed by atoms with E-state index in [1.165, 1.54) is 13.3 Å². The van der Waals surface area contributed by atoms with Gasteiger partial charge in [0.05, 0.1) is 0 Å². The molecule has 0 bridgehead atoms. The van der Waals surface area contributed by atoms with Gasteiger partial charge in [0.1, 0.15) is 16.8 Å². The number of sulfonamides is 1. The summed E-state index contributed by atoms with van der Waals surface area (Å²) in [4.78, 5) is 11.9. The molecule has 0 aromatic carbocycles. The molecule has 1 heterocycles. The quantitative estimate of drug-likeness (QED) is 0.860. The minimum absolute atomic E-state index is 0.0968. The first-order valence-corrected chi connectivity index (χ1v) is 8.70. The molecule has 0 aliphatic heterocycles. The standard InChI is InChI=1S/C14H21NO5S/c1-3-10-5-4-6-11(7-10)20-14(16)12-8-13(9(2)19-12)21(15,17)18/h8,10-11H,3-7H2,1-2H3,(H2,15,17,18). The first-order valence-electron chi connectivity index (χ1n) is 7.15. The Morgan fingerprint density at radius 1 is 1.48 bits per heavy atom. The van der Waals surface area contributed by atoms with E-state index in [2.05, 4.69) is 6.92 Å². The van der Waals surface area contributed by atoms with Crippen molar-refractivity contribution in [3.8, 4) is 0 Å². The van der Waals surface area contributed by atoms with Crippen molar-refractivity contribution >= 4 is 16.0 Å². The van der Waals surface area contributed by atoms with Crippen LogP contribution in [0.4, 0.5) is 0 Å². The van der Waals surface area contributed by atoms with Gasteiger partial charge < -0.3 is 9.15 Å². The monoisotopic (exact) mass is 315 g/mol. The second-order valence-electron chi connectivity index (χ2n) is 5.54. The fourth-order valence-electron chi connectivity index (χ4n) is 2.78.